The van der Waals surface area contributed by atoms with Crippen molar-refractivity contribution < 1.29 is 0 Å². The summed E-state index contributed by atoms with van der Waals surface area (Å²) in [5, 5.41) is 0.773. The maximum atomic E-state index is 6.35. The van der Waals surface area contributed by atoms with Gasteiger partial charge in [0.15, 0.2) is 0 Å². The van der Waals surface area contributed by atoms with E-state index in [2.05, 4.69) is 17.6 Å². The number of nitrogens with two attached hydrogens (primary N) is 1. The molecule has 0 saturated heterocycles. The Morgan fingerprint density at radius 3 is 2.64 bits per heavy atom. The van der Waals surface area contributed by atoms with E-state index in [0.29, 0.717) is 6.54 Å². The SMILES string of the molecule is CCCC(N)c1nc2ccccc2n1Cc1ccccc1Cl. The van der Waals surface area contributed by atoms with Crippen LogP contribution in [0.15, 0.2) is 48.5 Å². The van der Waals surface area contributed by atoms with E-state index in [4.69, 9.17) is 22.3 Å². The fourth-order valence-corrected chi connectivity index (χ4v) is 2.98. The maximum Gasteiger partial charge on any atom is 0.127 e. The van der Waals surface area contributed by atoms with Crippen molar-refractivity contribution in [3.63, 3.8) is 0 Å². The molecule has 114 valence electrons. The van der Waals surface area contributed by atoms with Gasteiger partial charge in [0.2, 0.25) is 0 Å². The van der Waals surface area contributed by atoms with Crippen LogP contribution in [0.4, 0.5) is 0 Å². The zero-order valence-corrected chi connectivity index (χ0v) is 13.4. The number of hydrogen-bond donors (Lipinski definition) is 1. The van der Waals surface area contributed by atoms with Crippen LogP contribution < -0.4 is 5.73 Å². The molecule has 1 heterocycles. The molecule has 4 heteroatoms. The quantitative estimate of drug-likeness (QED) is 0.751. The van der Waals surface area contributed by atoms with Crippen LogP contribution in [0.3, 0.4) is 0 Å². The van der Waals surface area contributed by atoms with E-state index in [-0.39, 0.29) is 6.04 Å². The molecule has 0 saturated carbocycles. The number of imidazole rings is 1. The van der Waals surface area contributed by atoms with Crippen LogP contribution >= 0.6 is 11.6 Å². The van der Waals surface area contributed by atoms with Crippen LogP contribution in [-0.2, 0) is 6.54 Å². The van der Waals surface area contributed by atoms with Crippen molar-refractivity contribution in [1.82, 2.24) is 9.55 Å². The Labute approximate surface area is 135 Å². The van der Waals surface area contributed by atoms with Gasteiger partial charge in [-0.2, -0.15) is 0 Å². The molecule has 1 aromatic heterocycles. The molecular formula is C18H20ClN3. The standard InChI is InChI=1S/C18H20ClN3/c1-2-7-15(20)18-21-16-10-5-6-11-17(16)22(18)12-13-8-3-4-9-14(13)19/h3-6,8-11,15H,2,7,12,20H2,1H3. The van der Waals surface area contributed by atoms with Gasteiger partial charge in [-0.3, -0.25) is 0 Å². The Balaban J connectivity index is 2.09. The molecule has 0 fully saturated rings. The minimum atomic E-state index is -0.0557. The van der Waals surface area contributed by atoms with Crippen LogP contribution in [0.1, 0.15) is 37.2 Å². The first kappa shape index (κ1) is 15.1. The first-order valence-electron chi connectivity index (χ1n) is 7.65. The second-order valence-corrected chi connectivity index (χ2v) is 5.94. The Morgan fingerprint density at radius 2 is 1.86 bits per heavy atom. The molecule has 22 heavy (non-hydrogen) atoms. The van der Waals surface area contributed by atoms with Gasteiger partial charge in [0.05, 0.1) is 23.6 Å². The molecule has 0 spiro atoms. The third-order valence-corrected chi connectivity index (χ3v) is 4.27. The number of fused-ring (bicyclic) bond motifs is 1. The molecule has 1 unspecified atom stereocenters. The summed E-state index contributed by atoms with van der Waals surface area (Å²) in [4.78, 5) is 4.75. The zero-order chi connectivity index (χ0) is 15.5. The topological polar surface area (TPSA) is 43.8 Å². The van der Waals surface area contributed by atoms with Gasteiger partial charge in [0.1, 0.15) is 5.82 Å². The van der Waals surface area contributed by atoms with E-state index in [1.807, 2.05) is 42.5 Å². The van der Waals surface area contributed by atoms with E-state index in [9.17, 15) is 0 Å². The molecular weight excluding hydrogens is 294 g/mol. The number of benzene rings is 2. The van der Waals surface area contributed by atoms with E-state index in [1.54, 1.807) is 0 Å². The molecule has 0 radical (unpaired) electrons. The van der Waals surface area contributed by atoms with Crippen LogP contribution in [0, 0.1) is 0 Å². The number of aromatic nitrogens is 2. The summed E-state index contributed by atoms with van der Waals surface area (Å²) < 4.78 is 2.19. The molecule has 0 amide bonds. The number of nitrogens with zero attached hydrogens (tertiary/aromatic N) is 2. The fourth-order valence-electron chi connectivity index (χ4n) is 2.78. The van der Waals surface area contributed by atoms with Crippen LogP contribution in [0.2, 0.25) is 5.02 Å². The summed E-state index contributed by atoms with van der Waals surface area (Å²) in [6, 6.07) is 16.0. The zero-order valence-electron chi connectivity index (χ0n) is 12.7. The molecule has 2 aromatic carbocycles. The van der Waals surface area contributed by atoms with E-state index in [1.165, 1.54) is 0 Å². The molecule has 0 bridgehead atoms. The molecule has 3 aromatic rings. The Kier molecular flexibility index (Phi) is 4.46. The van der Waals surface area contributed by atoms with Crippen molar-refractivity contribution in [3.8, 4) is 0 Å². The molecule has 2 N–H and O–H groups in total. The second kappa shape index (κ2) is 6.51. The normalized spacial score (nSPS) is 12.7. The van der Waals surface area contributed by atoms with Crippen LogP contribution in [0.25, 0.3) is 11.0 Å². The van der Waals surface area contributed by atoms with Crippen LogP contribution in [0.5, 0.6) is 0 Å². The van der Waals surface area contributed by atoms with Gasteiger partial charge in [-0.05, 0) is 30.2 Å². The summed E-state index contributed by atoms with van der Waals surface area (Å²) >= 11 is 6.32. The van der Waals surface area contributed by atoms with Gasteiger partial charge in [0.25, 0.3) is 0 Å². The van der Waals surface area contributed by atoms with Crippen molar-refractivity contribution in [2.24, 2.45) is 5.73 Å². The highest BCUT2D eigenvalue weighted by Crippen LogP contribution is 2.25. The lowest BCUT2D eigenvalue weighted by atomic mass is 10.1. The predicted molar refractivity (Wildman–Crippen MR) is 92.1 cm³/mol. The molecule has 3 nitrogen and oxygen atoms in total. The highest BCUT2D eigenvalue weighted by molar-refractivity contribution is 6.31. The Bertz CT molecular complexity index is 779. The van der Waals surface area contributed by atoms with Crippen molar-refractivity contribution in [1.29, 1.82) is 0 Å². The number of para-hydroxylation sites is 2. The van der Waals surface area contributed by atoms with Crippen LogP contribution in [-0.4, -0.2) is 9.55 Å². The van der Waals surface area contributed by atoms with Gasteiger partial charge >= 0.3 is 0 Å². The van der Waals surface area contributed by atoms with E-state index < -0.39 is 0 Å². The van der Waals surface area contributed by atoms with E-state index in [0.717, 1.165) is 40.3 Å². The van der Waals surface area contributed by atoms with Gasteiger partial charge in [-0.15, -0.1) is 0 Å². The average molecular weight is 314 g/mol. The summed E-state index contributed by atoms with van der Waals surface area (Å²) in [7, 11) is 0. The number of rotatable bonds is 5. The molecule has 0 aliphatic heterocycles. The molecule has 3 rings (SSSR count). The maximum absolute atomic E-state index is 6.35. The minimum absolute atomic E-state index is 0.0557. The monoisotopic (exact) mass is 313 g/mol. The van der Waals surface area contributed by atoms with Gasteiger partial charge in [-0.1, -0.05) is 55.3 Å². The summed E-state index contributed by atoms with van der Waals surface area (Å²) in [6.45, 7) is 2.83. The molecule has 0 aliphatic carbocycles. The first-order valence-corrected chi connectivity index (χ1v) is 8.02. The first-order chi connectivity index (χ1) is 10.7. The van der Waals surface area contributed by atoms with Crippen molar-refractivity contribution in [2.75, 3.05) is 0 Å². The van der Waals surface area contributed by atoms with Crippen molar-refractivity contribution in [2.45, 2.75) is 32.4 Å². The third-order valence-electron chi connectivity index (χ3n) is 3.90. The van der Waals surface area contributed by atoms with E-state index >= 15 is 0 Å². The second-order valence-electron chi connectivity index (χ2n) is 5.53. The average Bonchev–Trinajstić information content (AvgIpc) is 2.89. The summed E-state index contributed by atoms with van der Waals surface area (Å²) in [6.07, 6.45) is 1.96. The molecule has 0 aliphatic rings. The Hall–Kier alpha value is -1.84. The van der Waals surface area contributed by atoms with Gasteiger partial charge in [-0.25, -0.2) is 4.98 Å². The third kappa shape index (κ3) is 2.87. The van der Waals surface area contributed by atoms with Crippen molar-refractivity contribution >= 4 is 22.6 Å². The lowest BCUT2D eigenvalue weighted by molar-refractivity contribution is 0.572. The molecule has 1 atom stereocenters. The highest BCUT2D eigenvalue weighted by atomic mass is 35.5. The Morgan fingerprint density at radius 1 is 1.14 bits per heavy atom. The number of hydrogen-bond acceptors (Lipinski definition) is 2. The summed E-state index contributed by atoms with van der Waals surface area (Å²) in [5.74, 6) is 0.933. The largest absolute Gasteiger partial charge is 0.322 e. The van der Waals surface area contributed by atoms with Gasteiger partial charge in [0, 0.05) is 5.02 Å². The van der Waals surface area contributed by atoms with Gasteiger partial charge < -0.3 is 10.3 Å². The highest BCUT2D eigenvalue weighted by Gasteiger charge is 2.17. The predicted octanol–water partition coefficient (Wildman–Crippen LogP) is 4.54. The lowest BCUT2D eigenvalue weighted by Crippen LogP contribution is -2.17. The number of halogens is 1. The lowest BCUT2D eigenvalue weighted by Gasteiger charge is -2.15. The van der Waals surface area contributed by atoms with Crippen molar-refractivity contribution in [3.05, 3.63) is 64.9 Å². The summed E-state index contributed by atoms with van der Waals surface area (Å²) in [5.41, 5.74) is 9.51. The smallest absolute Gasteiger partial charge is 0.127 e. The minimum Gasteiger partial charge on any atom is -0.322 e. The fraction of sp³-hybridized carbons (Fsp3) is 0.278.